The van der Waals surface area contributed by atoms with Crippen LogP contribution < -0.4 is 5.56 Å². The Morgan fingerprint density at radius 2 is 1.60 bits per heavy atom. The van der Waals surface area contributed by atoms with Crippen LogP contribution in [0.15, 0.2) is 10.9 Å². The van der Waals surface area contributed by atoms with Crippen molar-refractivity contribution in [1.82, 2.24) is 10.2 Å². The molecule has 0 radical (unpaired) electrons. The van der Waals surface area contributed by atoms with Gasteiger partial charge < -0.3 is 0 Å². The van der Waals surface area contributed by atoms with Crippen molar-refractivity contribution in [3.8, 4) is 0 Å². The predicted octanol–water partition coefficient (Wildman–Crippen LogP) is 2.36. The van der Waals surface area contributed by atoms with Gasteiger partial charge in [0.1, 0.15) is 0 Å². The summed E-state index contributed by atoms with van der Waals surface area (Å²) in [7, 11) is 0. The van der Waals surface area contributed by atoms with Crippen LogP contribution >= 0.6 is 0 Å². The highest BCUT2D eigenvalue weighted by atomic mass is 16.1. The van der Waals surface area contributed by atoms with Gasteiger partial charge >= 0.3 is 0 Å². The van der Waals surface area contributed by atoms with Crippen molar-refractivity contribution in [2.24, 2.45) is 0 Å². The largest absolute Gasteiger partial charge is 0.268 e. The molecule has 3 nitrogen and oxygen atoms in total. The molecule has 84 valence electrons. The van der Waals surface area contributed by atoms with Crippen molar-refractivity contribution < 1.29 is 0 Å². The number of hydrogen-bond acceptors (Lipinski definition) is 2. The Balaban J connectivity index is 3.37. The van der Waals surface area contributed by atoms with Crippen molar-refractivity contribution in [3.05, 3.63) is 27.7 Å². The molecule has 0 aromatic carbocycles. The highest BCUT2D eigenvalue weighted by Crippen LogP contribution is 2.23. The monoisotopic (exact) mass is 208 g/mol. The first kappa shape index (κ1) is 12.0. The Hall–Kier alpha value is -1.12. The minimum atomic E-state index is -0.142. The second-order valence-corrected chi connectivity index (χ2v) is 6.00. The van der Waals surface area contributed by atoms with Gasteiger partial charge in [-0.25, -0.2) is 5.10 Å². The van der Waals surface area contributed by atoms with Crippen LogP contribution in [0.1, 0.15) is 52.8 Å². The summed E-state index contributed by atoms with van der Waals surface area (Å²) in [5.74, 6) is 0. The summed E-state index contributed by atoms with van der Waals surface area (Å²) < 4.78 is 0. The molecule has 0 aliphatic rings. The van der Waals surface area contributed by atoms with Gasteiger partial charge in [-0.2, -0.15) is 5.10 Å². The zero-order chi connectivity index (χ0) is 11.9. The molecule has 3 heteroatoms. The molecule has 1 rings (SSSR count). The molecule has 0 atom stereocenters. The third-order valence-electron chi connectivity index (χ3n) is 2.38. The lowest BCUT2D eigenvalue weighted by Gasteiger charge is -2.22. The van der Waals surface area contributed by atoms with Crippen LogP contribution in [0, 0.1) is 0 Å². The molecule has 0 aliphatic heterocycles. The molecule has 0 aliphatic carbocycles. The Bertz CT molecular complexity index is 405. The van der Waals surface area contributed by atoms with Crippen LogP contribution in [0.5, 0.6) is 0 Å². The lowest BCUT2D eigenvalue weighted by atomic mass is 9.84. The Kier molecular flexibility index (Phi) is 2.77. The molecule has 1 N–H and O–H groups in total. The van der Waals surface area contributed by atoms with Gasteiger partial charge in [-0.15, -0.1) is 0 Å². The first-order valence-corrected chi connectivity index (χ1v) is 5.23. The number of hydrogen-bond donors (Lipinski definition) is 1. The Morgan fingerprint density at radius 3 is 2.00 bits per heavy atom. The molecular weight excluding hydrogens is 188 g/mol. The average Bonchev–Trinajstić information content (AvgIpc) is 2.00. The second-order valence-electron chi connectivity index (χ2n) is 6.00. The molecule has 0 saturated heterocycles. The lowest BCUT2D eigenvalue weighted by Crippen LogP contribution is -2.28. The fraction of sp³-hybridized carbons (Fsp3) is 0.667. The third kappa shape index (κ3) is 2.67. The van der Waals surface area contributed by atoms with E-state index in [0.29, 0.717) is 0 Å². The van der Waals surface area contributed by atoms with E-state index in [1.54, 1.807) is 0 Å². The highest BCUT2D eigenvalue weighted by Gasteiger charge is 2.22. The van der Waals surface area contributed by atoms with Crippen LogP contribution in [0.4, 0.5) is 0 Å². The molecule has 1 aromatic rings. The third-order valence-corrected chi connectivity index (χ3v) is 2.38. The van der Waals surface area contributed by atoms with Gasteiger partial charge in [0.15, 0.2) is 0 Å². The summed E-state index contributed by atoms with van der Waals surface area (Å²) >= 11 is 0. The standard InChI is InChI=1S/C12H20N2O/c1-11(2,3)8-7-9(12(4,5)6)13-14-10(8)15/h7H,1-6H3,(H,14,15). The van der Waals surface area contributed by atoms with Gasteiger partial charge in [0.05, 0.1) is 5.69 Å². The highest BCUT2D eigenvalue weighted by molar-refractivity contribution is 5.24. The molecule has 0 saturated carbocycles. The average molecular weight is 208 g/mol. The van der Waals surface area contributed by atoms with Gasteiger partial charge in [0.2, 0.25) is 0 Å². The first-order chi connectivity index (χ1) is 6.62. The van der Waals surface area contributed by atoms with Crippen LogP contribution in [0.3, 0.4) is 0 Å². The number of nitrogens with zero attached hydrogens (tertiary/aromatic N) is 1. The van der Waals surface area contributed by atoms with Gasteiger partial charge in [-0.1, -0.05) is 41.5 Å². The summed E-state index contributed by atoms with van der Waals surface area (Å²) in [5, 5.41) is 6.66. The van der Waals surface area contributed by atoms with Crippen molar-refractivity contribution in [2.45, 2.75) is 52.4 Å². The van der Waals surface area contributed by atoms with Gasteiger partial charge in [0.25, 0.3) is 5.56 Å². The van der Waals surface area contributed by atoms with E-state index in [0.717, 1.165) is 11.3 Å². The normalized spacial score (nSPS) is 12.9. The van der Waals surface area contributed by atoms with E-state index >= 15 is 0 Å². The van der Waals surface area contributed by atoms with Gasteiger partial charge in [-0.05, 0) is 11.5 Å². The summed E-state index contributed by atoms with van der Waals surface area (Å²) in [6.07, 6.45) is 0. The maximum Gasteiger partial charge on any atom is 0.267 e. The van der Waals surface area contributed by atoms with Crippen molar-refractivity contribution in [2.75, 3.05) is 0 Å². The van der Waals surface area contributed by atoms with E-state index in [4.69, 9.17) is 0 Å². The smallest absolute Gasteiger partial charge is 0.267 e. The maximum atomic E-state index is 11.6. The minimum Gasteiger partial charge on any atom is -0.268 e. The lowest BCUT2D eigenvalue weighted by molar-refractivity contribution is 0.534. The fourth-order valence-electron chi connectivity index (χ4n) is 1.35. The van der Waals surface area contributed by atoms with Crippen molar-refractivity contribution in [3.63, 3.8) is 0 Å². The molecule has 0 bridgehead atoms. The van der Waals surface area contributed by atoms with Gasteiger partial charge in [-0.3, -0.25) is 4.79 Å². The zero-order valence-electron chi connectivity index (χ0n) is 10.4. The SMILES string of the molecule is CC(C)(C)c1cc(C(C)(C)C)c(=O)[nH]n1. The van der Waals surface area contributed by atoms with Crippen molar-refractivity contribution in [1.29, 1.82) is 0 Å². The topological polar surface area (TPSA) is 45.8 Å². The number of nitrogens with one attached hydrogen (secondary N) is 1. The minimum absolute atomic E-state index is 0.0375. The van der Waals surface area contributed by atoms with E-state index in [2.05, 4.69) is 31.0 Å². The zero-order valence-corrected chi connectivity index (χ0v) is 10.4. The Morgan fingerprint density at radius 1 is 1.07 bits per heavy atom. The summed E-state index contributed by atoms with van der Waals surface area (Å²) in [5.41, 5.74) is 1.45. The number of aromatic amines is 1. The summed E-state index contributed by atoms with van der Waals surface area (Å²) in [6.45, 7) is 12.3. The molecule has 0 unspecified atom stereocenters. The molecule has 0 spiro atoms. The molecular formula is C12H20N2O. The quantitative estimate of drug-likeness (QED) is 0.711. The molecule has 0 fully saturated rings. The Labute approximate surface area is 90.9 Å². The molecule has 0 amide bonds. The van der Waals surface area contributed by atoms with Crippen LogP contribution in [0.2, 0.25) is 0 Å². The number of aromatic nitrogens is 2. The van der Waals surface area contributed by atoms with Crippen molar-refractivity contribution >= 4 is 0 Å². The first-order valence-electron chi connectivity index (χ1n) is 5.23. The van der Waals surface area contributed by atoms with Gasteiger partial charge in [0, 0.05) is 11.0 Å². The molecule has 1 heterocycles. The summed E-state index contributed by atoms with van der Waals surface area (Å²) in [4.78, 5) is 11.6. The molecule has 1 aromatic heterocycles. The predicted molar refractivity (Wildman–Crippen MR) is 62.3 cm³/mol. The van der Waals surface area contributed by atoms with E-state index in [1.165, 1.54) is 0 Å². The van der Waals surface area contributed by atoms with E-state index < -0.39 is 0 Å². The van der Waals surface area contributed by atoms with E-state index in [9.17, 15) is 4.79 Å². The maximum absolute atomic E-state index is 11.6. The van der Waals surface area contributed by atoms with Crippen LogP contribution in [-0.2, 0) is 10.8 Å². The van der Waals surface area contributed by atoms with E-state index in [1.807, 2.05) is 26.8 Å². The number of rotatable bonds is 0. The molecule has 15 heavy (non-hydrogen) atoms. The van der Waals surface area contributed by atoms with E-state index in [-0.39, 0.29) is 16.4 Å². The fourth-order valence-corrected chi connectivity index (χ4v) is 1.35. The van der Waals surface area contributed by atoms with Crippen LogP contribution in [-0.4, -0.2) is 10.2 Å². The second kappa shape index (κ2) is 3.47. The number of H-pyrrole nitrogens is 1. The van der Waals surface area contributed by atoms with Crippen LogP contribution in [0.25, 0.3) is 0 Å². The summed E-state index contributed by atoms with van der Waals surface area (Å²) in [6, 6.07) is 1.92.